The average Bonchev–Trinajstić information content (AvgIpc) is 2.48. The molecular weight excluding hydrogens is 310 g/mol. The molecule has 0 aliphatic carbocycles. The molecule has 2 rings (SSSR count). The molecule has 116 valence electrons. The number of carboxylic acids is 1. The van der Waals surface area contributed by atoms with E-state index in [4.69, 9.17) is 9.94 Å². The Balaban J connectivity index is 2.54. The number of hydrogen-bond donors (Lipinski definition) is 2. The van der Waals surface area contributed by atoms with E-state index in [0.717, 1.165) is 18.2 Å². The molecule has 0 aromatic heterocycles. The summed E-state index contributed by atoms with van der Waals surface area (Å²) < 4.78 is 25.8. The van der Waals surface area contributed by atoms with Crippen molar-refractivity contribution < 1.29 is 28.3 Å². The molecule has 2 aromatic carbocycles. The molecule has 0 spiro atoms. The molecule has 22 heavy (non-hydrogen) atoms. The fraction of sp³-hybridized carbons (Fsp3) is 0.0714. The number of aromatic hydroxyl groups is 1. The van der Waals surface area contributed by atoms with Gasteiger partial charge in [-0.25, -0.2) is 4.79 Å². The fourth-order valence-corrected chi connectivity index (χ4v) is 3.13. The first-order chi connectivity index (χ1) is 10.4. The van der Waals surface area contributed by atoms with Gasteiger partial charge in [-0.1, -0.05) is 18.2 Å². The maximum Gasteiger partial charge on any atom is 0.339 e. The Morgan fingerprint density at radius 2 is 1.77 bits per heavy atom. The number of benzene rings is 2. The average molecular weight is 323 g/mol. The van der Waals surface area contributed by atoms with Crippen molar-refractivity contribution in [2.75, 3.05) is 11.6 Å². The van der Waals surface area contributed by atoms with Crippen molar-refractivity contribution in [2.45, 2.75) is 4.90 Å². The number of aromatic carboxylic acids is 1. The number of hydrogen-bond acceptors (Lipinski definition) is 5. The molecule has 0 amide bonds. The quantitative estimate of drug-likeness (QED) is 0.814. The van der Waals surface area contributed by atoms with E-state index in [-0.39, 0.29) is 10.6 Å². The third-order valence-corrected chi connectivity index (χ3v) is 4.49. The Morgan fingerprint density at radius 3 is 2.32 bits per heavy atom. The second kappa shape index (κ2) is 6.04. The number of phenols is 1. The van der Waals surface area contributed by atoms with Gasteiger partial charge in [-0.3, -0.25) is 4.84 Å². The van der Waals surface area contributed by atoms with E-state index >= 15 is 0 Å². The first kappa shape index (κ1) is 15.8. The highest BCUT2D eigenvalue weighted by Gasteiger charge is 2.27. The summed E-state index contributed by atoms with van der Waals surface area (Å²) in [6, 6.07) is 11.0. The predicted molar refractivity (Wildman–Crippen MR) is 78.2 cm³/mol. The second-order valence-electron chi connectivity index (χ2n) is 4.23. The van der Waals surface area contributed by atoms with Crippen LogP contribution >= 0.6 is 0 Å². The van der Waals surface area contributed by atoms with E-state index in [1.54, 1.807) is 18.2 Å². The van der Waals surface area contributed by atoms with Gasteiger partial charge in [-0.2, -0.15) is 8.42 Å². The van der Waals surface area contributed by atoms with Crippen LogP contribution in [0.1, 0.15) is 10.4 Å². The molecule has 0 unspecified atom stereocenters. The van der Waals surface area contributed by atoms with Gasteiger partial charge >= 0.3 is 5.97 Å². The van der Waals surface area contributed by atoms with E-state index in [9.17, 15) is 18.3 Å². The minimum absolute atomic E-state index is 0.259. The van der Waals surface area contributed by atoms with E-state index < -0.39 is 27.3 Å². The second-order valence-corrected chi connectivity index (χ2v) is 5.99. The highest BCUT2D eigenvalue weighted by atomic mass is 32.2. The number of sulfonamides is 1. The lowest BCUT2D eigenvalue weighted by atomic mass is 10.2. The van der Waals surface area contributed by atoms with E-state index in [1.807, 2.05) is 0 Å². The Kier molecular flexibility index (Phi) is 4.34. The van der Waals surface area contributed by atoms with Crippen LogP contribution in [0, 0.1) is 0 Å². The molecule has 0 fully saturated rings. The first-order valence-electron chi connectivity index (χ1n) is 6.08. The van der Waals surface area contributed by atoms with Crippen LogP contribution in [-0.4, -0.2) is 31.7 Å². The zero-order valence-corrected chi connectivity index (χ0v) is 12.3. The van der Waals surface area contributed by atoms with Gasteiger partial charge in [0.1, 0.15) is 11.3 Å². The smallest absolute Gasteiger partial charge is 0.339 e. The number of nitrogens with zero attached hydrogens (tertiary/aromatic N) is 1. The summed E-state index contributed by atoms with van der Waals surface area (Å²) >= 11 is 0. The largest absolute Gasteiger partial charge is 0.507 e. The maximum absolute atomic E-state index is 12.6. The number of rotatable bonds is 5. The number of anilines is 1. The number of para-hydroxylation sites is 1. The normalized spacial score (nSPS) is 11.1. The summed E-state index contributed by atoms with van der Waals surface area (Å²) in [5.41, 5.74) is -0.250. The lowest BCUT2D eigenvalue weighted by molar-refractivity contribution is 0.0693. The summed E-state index contributed by atoms with van der Waals surface area (Å²) in [4.78, 5) is 15.6. The summed E-state index contributed by atoms with van der Waals surface area (Å²) in [5, 5.41) is 18.4. The van der Waals surface area contributed by atoms with Crippen molar-refractivity contribution in [3.8, 4) is 5.75 Å². The van der Waals surface area contributed by atoms with Crippen LogP contribution in [0.25, 0.3) is 0 Å². The SMILES string of the molecule is CON(c1ccccc1)S(=O)(=O)c1ccc(O)c(C(=O)O)c1. The van der Waals surface area contributed by atoms with Gasteiger partial charge in [0.25, 0.3) is 10.0 Å². The van der Waals surface area contributed by atoms with Crippen molar-refractivity contribution in [3.05, 3.63) is 54.1 Å². The first-order valence-corrected chi connectivity index (χ1v) is 7.52. The van der Waals surface area contributed by atoms with E-state index in [2.05, 4.69) is 0 Å². The molecule has 2 aromatic rings. The molecule has 2 N–H and O–H groups in total. The van der Waals surface area contributed by atoms with Crippen LogP contribution in [0.5, 0.6) is 5.75 Å². The molecule has 0 saturated carbocycles. The van der Waals surface area contributed by atoms with Crippen LogP contribution in [-0.2, 0) is 14.9 Å². The Morgan fingerprint density at radius 1 is 1.14 bits per heavy atom. The van der Waals surface area contributed by atoms with Crippen LogP contribution in [0.15, 0.2) is 53.4 Å². The minimum atomic E-state index is -4.14. The summed E-state index contributed by atoms with van der Waals surface area (Å²) in [5.74, 6) is -1.95. The molecule has 0 saturated heterocycles. The summed E-state index contributed by atoms with van der Waals surface area (Å²) in [6.07, 6.45) is 0. The van der Waals surface area contributed by atoms with Gasteiger partial charge in [0.2, 0.25) is 0 Å². The van der Waals surface area contributed by atoms with Gasteiger partial charge in [0, 0.05) is 0 Å². The minimum Gasteiger partial charge on any atom is -0.507 e. The zero-order valence-electron chi connectivity index (χ0n) is 11.5. The zero-order chi connectivity index (χ0) is 16.3. The van der Waals surface area contributed by atoms with Crippen LogP contribution < -0.4 is 4.47 Å². The van der Waals surface area contributed by atoms with Crippen LogP contribution in [0.4, 0.5) is 5.69 Å². The highest BCUT2D eigenvalue weighted by molar-refractivity contribution is 7.92. The lowest BCUT2D eigenvalue weighted by Crippen LogP contribution is -2.30. The maximum atomic E-state index is 12.6. The lowest BCUT2D eigenvalue weighted by Gasteiger charge is -2.21. The van der Waals surface area contributed by atoms with Gasteiger partial charge in [0.05, 0.1) is 17.7 Å². The molecule has 0 atom stereocenters. The highest BCUT2D eigenvalue weighted by Crippen LogP contribution is 2.27. The fourth-order valence-electron chi connectivity index (χ4n) is 1.83. The van der Waals surface area contributed by atoms with Crippen molar-refractivity contribution >= 4 is 21.7 Å². The monoisotopic (exact) mass is 323 g/mol. The van der Waals surface area contributed by atoms with Crippen molar-refractivity contribution in [2.24, 2.45) is 0 Å². The van der Waals surface area contributed by atoms with E-state index in [1.165, 1.54) is 19.2 Å². The van der Waals surface area contributed by atoms with Gasteiger partial charge in [0.15, 0.2) is 0 Å². The van der Waals surface area contributed by atoms with Crippen molar-refractivity contribution in [3.63, 3.8) is 0 Å². The van der Waals surface area contributed by atoms with Crippen LogP contribution in [0.3, 0.4) is 0 Å². The molecule has 0 aliphatic heterocycles. The molecular formula is C14H13NO6S. The Bertz CT molecular complexity index is 788. The Labute approximate surface area is 127 Å². The molecule has 7 nitrogen and oxygen atoms in total. The standard InChI is InChI=1S/C14H13NO6S/c1-21-15(10-5-3-2-4-6-10)22(19,20)11-7-8-13(16)12(9-11)14(17)18/h2-9,16H,1H3,(H,17,18). The summed E-state index contributed by atoms with van der Waals surface area (Å²) in [6.45, 7) is 0. The Hall–Kier alpha value is -2.58. The molecule has 0 aliphatic rings. The van der Waals surface area contributed by atoms with Crippen molar-refractivity contribution in [1.82, 2.24) is 0 Å². The number of carboxylic acid groups (broad SMARTS) is 1. The number of carbonyl (C=O) groups is 1. The van der Waals surface area contributed by atoms with Gasteiger partial charge in [-0.05, 0) is 30.3 Å². The molecule has 8 heteroatoms. The van der Waals surface area contributed by atoms with Gasteiger partial charge < -0.3 is 10.2 Å². The third-order valence-electron chi connectivity index (χ3n) is 2.85. The summed E-state index contributed by atoms with van der Waals surface area (Å²) in [7, 11) is -2.96. The molecule has 0 heterocycles. The van der Waals surface area contributed by atoms with E-state index in [0.29, 0.717) is 4.47 Å². The van der Waals surface area contributed by atoms with Crippen molar-refractivity contribution in [1.29, 1.82) is 0 Å². The van der Waals surface area contributed by atoms with Crippen LogP contribution in [0.2, 0.25) is 0 Å². The topological polar surface area (TPSA) is 104 Å². The molecule has 0 bridgehead atoms. The molecule has 0 radical (unpaired) electrons. The van der Waals surface area contributed by atoms with Gasteiger partial charge in [-0.15, -0.1) is 4.47 Å². The predicted octanol–water partition coefficient (Wildman–Crippen LogP) is 1.85. The third kappa shape index (κ3) is 2.87.